The van der Waals surface area contributed by atoms with Crippen LogP contribution in [0.15, 0.2) is 18.2 Å². The molecule has 1 aromatic carbocycles. The topological polar surface area (TPSA) is 97.2 Å². The minimum atomic E-state index is -0.304. The van der Waals surface area contributed by atoms with E-state index in [2.05, 4.69) is 10.1 Å². The smallest absolute Gasteiger partial charge is 0.157 e. The molecule has 2 rings (SSSR count). The van der Waals surface area contributed by atoms with Crippen LogP contribution in [0.1, 0.15) is 30.2 Å². The predicted octanol–water partition coefficient (Wildman–Crippen LogP) is 1.03. The van der Waals surface area contributed by atoms with E-state index >= 15 is 0 Å². The lowest BCUT2D eigenvalue weighted by molar-refractivity contribution is 0.403. The van der Waals surface area contributed by atoms with Crippen molar-refractivity contribution < 1.29 is 10.2 Å². The molecule has 0 aliphatic rings. The van der Waals surface area contributed by atoms with Gasteiger partial charge in [-0.15, -0.1) is 0 Å². The number of hydrogen-bond acceptors (Lipinski definition) is 5. The molecule has 6 nitrogen and oxygen atoms in total. The van der Waals surface area contributed by atoms with Crippen LogP contribution < -0.4 is 5.73 Å². The van der Waals surface area contributed by atoms with Crippen molar-refractivity contribution in [3.8, 4) is 11.5 Å². The van der Waals surface area contributed by atoms with Crippen LogP contribution in [0.2, 0.25) is 0 Å². The summed E-state index contributed by atoms with van der Waals surface area (Å²) in [6, 6.07) is 4.38. The summed E-state index contributed by atoms with van der Waals surface area (Å²) in [5, 5.41) is 23.0. The molecule has 1 heterocycles. The van der Waals surface area contributed by atoms with Gasteiger partial charge < -0.3 is 15.9 Å². The van der Waals surface area contributed by atoms with E-state index in [9.17, 15) is 10.2 Å². The number of benzene rings is 1. The normalized spacial score (nSPS) is 12.6. The molecule has 19 heavy (non-hydrogen) atoms. The van der Waals surface area contributed by atoms with Gasteiger partial charge in [0.1, 0.15) is 5.82 Å². The summed E-state index contributed by atoms with van der Waals surface area (Å²) in [5.41, 5.74) is 6.95. The zero-order valence-electron chi connectivity index (χ0n) is 11.0. The molecule has 0 radical (unpaired) electrons. The molecular formula is C13H18N4O2. The average molecular weight is 262 g/mol. The number of aryl methyl sites for hydroxylation is 2. The molecule has 4 N–H and O–H groups in total. The molecule has 102 valence electrons. The Morgan fingerprint density at radius 3 is 2.63 bits per heavy atom. The fraction of sp³-hybridized carbons (Fsp3) is 0.385. The highest BCUT2D eigenvalue weighted by Crippen LogP contribution is 2.26. The Morgan fingerprint density at radius 1 is 1.32 bits per heavy atom. The molecule has 0 saturated heterocycles. The van der Waals surface area contributed by atoms with Crippen molar-refractivity contribution in [1.82, 2.24) is 14.8 Å². The van der Waals surface area contributed by atoms with Crippen molar-refractivity contribution in [2.24, 2.45) is 12.8 Å². The second kappa shape index (κ2) is 5.27. The van der Waals surface area contributed by atoms with Gasteiger partial charge in [0.15, 0.2) is 17.3 Å². The van der Waals surface area contributed by atoms with Crippen molar-refractivity contribution in [2.45, 2.75) is 25.8 Å². The number of phenolic OH excluding ortho intramolecular Hbond substituents is 2. The zero-order valence-corrected chi connectivity index (χ0v) is 11.0. The minimum Gasteiger partial charge on any atom is -0.504 e. The summed E-state index contributed by atoms with van der Waals surface area (Å²) < 4.78 is 1.68. The molecular weight excluding hydrogens is 244 g/mol. The molecule has 0 saturated carbocycles. The SMILES string of the molecule is CCc1nc(C(N)Cc2ccc(O)c(O)c2)n(C)n1. The van der Waals surface area contributed by atoms with Crippen LogP contribution in [0.25, 0.3) is 0 Å². The first-order valence-corrected chi connectivity index (χ1v) is 6.17. The Hall–Kier alpha value is -2.08. The van der Waals surface area contributed by atoms with Crippen molar-refractivity contribution in [3.05, 3.63) is 35.4 Å². The van der Waals surface area contributed by atoms with Crippen LogP contribution >= 0.6 is 0 Å². The zero-order chi connectivity index (χ0) is 14.0. The quantitative estimate of drug-likeness (QED) is 0.715. The average Bonchev–Trinajstić information content (AvgIpc) is 2.75. The number of rotatable bonds is 4. The fourth-order valence-corrected chi connectivity index (χ4v) is 1.97. The summed E-state index contributed by atoms with van der Waals surface area (Å²) in [5.74, 6) is 1.20. The standard InChI is InChI=1S/C13H18N4O2/c1-3-12-15-13(17(2)16-12)9(14)6-8-4-5-10(18)11(19)7-8/h4-5,7,9,18-19H,3,6,14H2,1-2H3. The summed E-state index contributed by atoms with van der Waals surface area (Å²) in [6.07, 6.45) is 1.28. The monoisotopic (exact) mass is 262 g/mol. The molecule has 1 aromatic heterocycles. The number of phenols is 2. The summed E-state index contributed by atoms with van der Waals surface area (Å²) in [4.78, 5) is 4.38. The molecule has 0 amide bonds. The van der Waals surface area contributed by atoms with E-state index in [1.165, 1.54) is 12.1 Å². The Kier molecular flexibility index (Phi) is 3.71. The van der Waals surface area contributed by atoms with Gasteiger partial charge in [0, 0.05) is 13.5 Å². The molecule has 0 aliphatic heterocycles. The van der Waals surface area contributed by atoms with Crippen LogP contribution in [-0.2, 0) is 19.9 Å². The fourth-order valence-electron chi connectivity index (χ4n) is 1.97. The van der Waals surface area contributed by atoms with Gasteiger partial charge in [-0.2, -0.15) is 5.10 Å². The third-order valence-electron chi connectivity index (χ3n) is 2.98. The van der Waals surface area contributed by atoms with Gasteiger partial charge in [0.05, 0.1) is 6.04 Å². The summed E-state index contributed by atoms with van der Waals surface area (Å²) in [7, 11) is 1.82. The highest BCUT2D eigenvalue weighted by atomic mass is 16.3. The maximum absolute atomic E-state index is 9.46. The van der Waals surface area contributed by atoms with Crippen LogP contribution in [0, 0.1) is 0 Å². The third kappa shape index (κ3) is 2.85. The van der Waals surface area contributed by atoms with Crippen LogP contribution in [0.3, 0.4) is 0 Å². The van der Waals surface area contributed by atoms with E-state index < -0.39 is 0 Å². The largest absolute Gasteiger partial charge is 0.504 e. The lowest BCUT2D eigenvalue weighted by Crippen LogP contribution is -2.18. The number of hydrogen-bond donors (Lipinski definition) is 3. The van der Waals surface area contributed by atoms with Gasteiger partial charge in [0.2, 0.25) is 0 Å². The van der Waals surface area contributed by atoms with Crippen molar-refractivity contribution >= 4 is 0 Å². The van der Waals surface area contributed by atoms with Crippen molar-refractivity contribution in [3.63, 3.8) is 0 Å². The second-order valence-electron chi connectivity index (χ2n) is 4.50. The van der Waals surface area contributed by atoms with Gasteiger partial charge in [-0.25, -0.2) is 4.98 Å². The first-order chi connectivity index (χ1) is 9.01. The Labute approximate surface area is 111 Å². The highest BCUT2D eigenvalue weighted by Gasteiger charge is 2.15. The molecule has 0 bridgehead atoms. The molecule has 6 heteroatoms. The summed E-state index contributed by atoms with van der Waals surface area (Å²) >= 11 is 0. The number of aromatic hydroxyl groups is 2. The van der Waals surface area contributed by atoms with Crippen molar-refractivity contribution in [2.75, 3.05) is 0 Å². The summed E-state index contributed by atoms with van der Waals surface area (Å²) in [6.45, 7) is 1.99. The van der Waals surface area contributed by atoms with Gasteiger partial charge in [-0.3, -0.25) is 4.68 Å². The van der Waals surface area contributed by atoms with Crippen LogP contribution in [0.4, 0.5) is 0 Å². The third-order valence-corrected chi connectivity index (χ3v) is 2.98. The molecule has 0 fully saturated rings. The van der Waals surface area contributed by atoms with Gasteiger partial charge in [-0.05, 0) is 24.1 Å². The molecule has 1 atom stereocenters. The number of nitrogens with two attached hydrogens (primary N) is 1. The van der Waals surface area contributed by atoms with E-state index in [4.69, 9.17) is 5.73 Å². The Morgan fingerprint density at radius 2 is 2.05 bits per heavy atom. The number of aromatic nitrogens is 3. The first-order valence-electron chi connectivity index (χ1n) is 6.17. The Bertz CT molecular complexity index is 580. The lowest BCUT2D eigenvalue weighted by Gasteiger charge is -2.11. The van der Waals surface area contributed by atoms with E-state index in [0.29, 0.717) is 12.2 Å². The molecule has 1 unspecified atom stereocenters. The van der Waals surface area contributed by atoms with Crippen LogP contribution in [0.5, 0.6) is 11.5 Å². The van der Waals surface area contributed by atoms with Gasteiger partial charge >= 0.3 is 0 Å². The molecule has 0 aliphatic carbocycles. The lowest BCUT2D eigenvalue weighted by atomic mass is 10.1. The Balaban J connectivity index is 2.17. The van der Waals surface area contributed by atoms with Crippen LogP contribution in [-0.4, -0.2) is 25.0 Å². The maximum Gasteiger partial charge on any atom is 0.157 e. The predicted molar refractivity (Wildman–Crippen MR) is 70.8 cm³/mol. The van der Waals surface area contributed by atoms with Gasteiger partial charge in [0.25, 0.3) is 0 Å². The molecule has 0 spiro atoms. The van der Waals surface area contributed by atoms with E-state index in [0.717, 1.165) is 17.8 Å². The first kappa shape index (κ1) is 13.4. The maximum atomic E-state index is 9.46. The van der Waals surface area contributed by atoms with Crippen molar-refractivity contribution in [1.29, 1.82) is 0 Å². The molecule has 2 aromatic rings. The minimum absolute atomic E-state index is 0.135. The second-order valence-corrected chi connectivity index (χ2v) is 4.50. The van der Waals surface area contributed by atoms with E-state index in [-0.39, 0.29) is 17.5 Å². The van der Waals surface area contributed by atoms with Gasteiger partial charge in [-0.1, -0.05) is 13.0 Å². The van der Waals surface area contributed by atoms with E-state index in [1.807, 2.05) is 14.0 Å². The number of nitrogens with zero attached hydrogens (tertiary/aromatic N) is 3. The highest BCUT2D eigenvalue weighted by molar-refractivity contribution is 5.40. The van der Waals surface area contributed by atoms with E-state index in [1.54, 1.807) is 10.7 Å².